The van der Waals surface area contributed by atoms with Gasteiger partial charge in [-0.1, -0.05) is 12.2 Å². The van der Waals surface area contributed by atoms with Crippen molar-refractivity contribution in [3.05, 3.63) is 24.5 Å². The molecule has 1 rings (SSSR count). The molecular weight excluding hydrogens is 174 g/mol. The molecule has 0 saturated carbocycles. The largest absolute Gasteiger partial charge is 0.379 e. The third kappa shape index (κ3) is 2.96. The predicted molar refractivity (Wildman–Crippen MR) is 51.6 cm³/mol. The zero-order valence-electron chi connectivity index (χ0n) is 7.00. The van der Waals surface area contributed by atoms with Crippen molar-refractivity contribution in [2.45, 2.75) is 0 Å². The van der Waals surface area contributed by atoms with Gasteiger partial charge in [-0.15, -0.1) is 11.6 Å². The molecular formula is C8H12ClN3. The van der Waals surface area contributed by atoms with Crippen LogP contribution in [0.4, 0.5) is 5.69 Å². The van der Waals surface area contributed by atoms with Crippen molar-refractivity contribution in [2.75, 3.05) is 17.7 Å². The Kier molecular flexibility index (Phi) is 3.67. The zero-order valence-corrected chi connectivity index (χ0v) is 7.75. The maximum atomic E-state index is 5.46. The molecule has 3 nitrogen and oxygen atoms in total. The summed E-state index contributed by atoms with van der Waals surface area (Å²) in [6.45, 7) is 0.790. The number of halogens is 1. The minimum Gasteiger partial charge on any atom is -0.379 e. The van der Waals surface area contributed by atoms with Gasteiger partial charge in [-0.2, -0.15) is 5.10 Å². The molecule has 0 unspecified atom stereocenters. The Labute approximate surface area is 77.0 Å². The number of nitrogens with one attached hydrogen (secondary N) is 1. The van der Waals surface area contributed by atoms with Crippen LogP contribution in [0.15, 0.2) is 24.5 Å². The molecule has 0 bridgehead atoms. The SMILES string of the molecule is Cn1cc(NC/C=C/CCl)cn1. The van der Waals surface area contributed by atoms with Gasteiger partial charge in [0.15, 0.2) is 0 Å². The van der Waals surface area contributed by atoms with E-state index in [0.29, 0.717) is 5.88 Å². The van der Waals surface area contributed by atoms with Crippen LogP contribution in [0.5, 0.6) is 0 Å². The predicted octanol–water partition coefficient (Wildman–Crippen LogP) is 1.63. The Morgan fingerprint density at radius 3 is 3.08 bits per heavy atom. The number of rotatable bonds is 4. The lowest BCUT2D eigenvalue weighted by molar-refractivity contribution is 0.768. The Hall–Kier alpha value is -0.960. The van der Waals surface area contributed by atoms with Gasteiger partial charge in [-0.3, -0.25) is 4.68 Å². The van der Waals surface area contributed by atoms with Gasteiger partial charge in [-0.05, 0) is 0 Å². The fourth-order valence-electron chi connectivity index (χ4n) is 0.836. The molecule has 1 aromatic heterocycles. The molecule has 1 heterocycles. The van der Waals surface area contributed by atoms with Crippen LogP contribution in [0.1, 0.15) is 0 Å². The highest BCUT2D eigenvalue weighted by atomic mass is 35.5. The molecule has 4 heteroatoms. The summed E-state index contributed by atoms with van der Waals surface area (Å²) in [6.07, 6.45) is 7.61. The average Bonchev–Trinajstić information content (AvgIpc) is 2.45. The second-order valence-corrected chi connectivity index (χ2v) is 2.72. The summed E-state index contributed by atoms with van der Waals surface area (Å²) in [5, 5.41) is 7.19. The van der Waals surface area contributed by atoms with Crippen LogP contribution in [-0.2, 0) is 7.05 Å². The van der Waals surface area contributed by atoms with Crippen molar-refractivity contribution in [2.24, 2.45) is 7.05 Å². The van der Waals surface area contributed by atoms with Crippen LogP contribution in [0, 0.1) is 0 Å². The van der Waals surface area contributed by atoms with E-state index in [2.05, 4.69) is 10.4 Å². The molecule has 1 aromatic rings. The minimum atomic E-state index is 0.564. The number of nitrogens with zero attached hydrogens (tertiary/aromatic N) is 2. The van der Waals surface area contributed by atoms with E-state index in [1.807, 2.05) is 25.4 Å². The second kappa shape index (κ2) is 4.83. The zero-order chi connectivity index (χ0) is 8.81. The van der Waals surface area contributed by atoms with E-state index in [4.69, 9.17) is 11.6 Å². The Morgan fingerprint density at radius 1 is 1.67 bits per heavy atom. The molecule has 0 aliphatic heterocycles. The lowest BCUT2D eigenvalue weighted by atomic mass is 10.5. The number of allylic oxidation sites excluding steroid dienone is 1. The molecule has 0 aliphatic rings. The molecule has 0 aromatic carbocycles. The van der Waals surface area contributed by atoms with E-state index >= 15 is 0 Å². The van der Waals surface area contributed by atoms with E-state index in [-0.39, 0.29) is 0 Å². The van der Waals surface area contributed by atoms with E-state index in [1.54, 1.807) is 10.9 Å². The highest BCUT2D eigenvalue weighted by molar-refractivity contribution is 6.18. The lowest BCUT2D eigenvalue weighted by Gasteiger charge is -1.95. The molecule has 1 N–H and O–H groups in total. The fraction of sp³-hybridized carbons (Fsp3) is 0.375. The topological polar surface area (TPSA) is 29.9 Å². The van der Waals surface area contributed by atoms with Crippen LogP contribution in [0.2, 0.25) is 0 Å². The third-order valence-corrected chi connectivity index (χ3v) is 1.56. The van der Waals surface area contributed by atoms with E-state index < -0.39 is 0 Å². The summed E-state index contributed by atoms with van der Waals surface area (Å²) in [7, 11) is 1.89. The van der Waals surface area contributed by atoms with Crippen molar-refractivity contribution in [1.82, 2.24) is 9.78 Å². The van der Waals surface area contributed by atoms with Crippen molar-refractivity contribution in [3.8, 4) is 0 Å². The molecule has 0 amide bonds. The number of aromatic nitrogens is 2. The standard InChI is InChI=1S/C8H12ClN3/c1-12-7-8(6-11-12)10-5-3-2-4-9/h2-3,6-7,10H,4-5H2,1H3/b3-2+. The first kappa shape index (κ1) is 9.13. The molecule has 12 heavy (non-hydrogen) atoms. The van der Waals surface area contributed by atoms with Crippen molar-refractivity contribution in [1.29, 1.82) is 0 Å². The number of aryl methyl sites for hydroxylation is 1. The molecule has 0 radical (unpaired) electrons. The summed E-state index contributed by atoms with van der Waals surface area (Å²) >= 11 is 5.46. The summed E-state index contributed by atoms with van der Waals surface area (Å²) in [4.78, 5) is 0. The first-order valence-corrected chi connectivity index (χ1v) is 4.30. The third-order valence-electron chi connectivity index (χ3n) is 1.38. The maximum Gasteiger partial charge on any atom is 0.0728 e. The Morgan fingerprint density at radius 2 is 2.50 bits per heavy atom. The smallest absolute Gasteiger partial charge is 0.0728 e. The van der Waals surface area contributed by atoms with Crippen LogP contribution in [0.3, 0.4) is 0 Å². The monoisotopic (exact) mass is 185 g/mol. The minimum absolute atomic E-state index is 0.564. The van der Waals surface area contributed by atoms with Crippen molar-refractivity contribution in [3.63, 3.8) is 0 Å². The number of anilines is 1. The van der Waals surface area contributed by atoms with Crippen LogP contribution < -0.4 is 5.32 Å². The second-order valence-electron chi connectivity index (χ2n) is 2.41. The van der Waals surface area contributed by atoms with Gasteiger partial charge in [-0.25, -0.2) is 0 Å². The van der Waals surface area contributed by atoms with E-state index in [1.165, 1.54) is 0 Å². The molecule has 0 aliphatic carbocycles. The molecule has 0 saturated heterocycles. The molecule has 0 atom stereocenters. The Balaban J connectivity index is 2.28. The summed E-state index contributed by atoms with van der Waals surface area (Å²) < 4.78 is 1.76. The van der Waals surface area contributed by atoms with Crippen molar-refractivity contribution < 1.29 is 0 Å². The first-order valence-electron chi connectivity index (χ1n) is 3.76. The van der Waals surface area contributed by atoms with Crippen LogP contribution >= 0.6 is 11.6 Å². The van der Waals surface area contributed by atoms with Gasteiger partial charge in [0, 0.05) is 25.7 Å². The quantitative estimate of drug-likeness (QED) is 0.571. The van der Waals surface area contributed by atoms with Crippen LogP contribution in [0.25, 0.3) is 0 Å². The average molecular weight is 186 g/mol. The summed E-state index contributed by atoms with van der Waals surface area (Å²) in [6, 6.07) is 0. The Bertz CT molecular complexity index is 255. The normalized spacial score (nSPS) is 10.8. The maximum absolute atomic E-state index is 5.46. The molecule has 0 spiro atoms. The fourth-order valence-corrected chi connectivity index (χ4v) is 0.962. The lowest BCUT2D eigenvalue weighted by Crippen LogP contribution is -1.96. The van der Waals surface area contributed by atoms with Gasteiger partial charge in [0.2, 0.25) is 0 Å². The highest BCUT2D eigenvalue weighted by Gasteiger charge is 1.90. The first-order chi connectivity index (χ1) is 5.83. The van der Waals surface area contributed by atoms with Gasteiger partial charge in [0.25, 0.3) is 0 Å². The van der Waals surface area contributed by atoms with Crippen LogP contribution in [-0.4, -0.2) is 22.2 Å². The number of alkyl halides is 1. The highest BCUT2D eigenvalue weighted by Crippen LogP contribution is 2.01. The van der Waals surface area contributed by atoms with E-state index in [9.17, 15) is 0 Å². The molecule has 0 fully saturated rings. The molecule has 66 valence electrons. The van der Waals surface area contributed by atoms with Gasteiger partial charge in [0.05, 0.1) is 11.9 Å². The number of hydrogen-bond acceptors (Lipinski definition) is 2. The summed E-state index contributed by atoms with van der Waals surface area (Å²) in [5.41, 5.74) is 1.02. The van der Waals surface area contributed by atoms with E-state index in [0.717, 1.165) is 12.2 Å². The number of hydrogen-bond donors (Lipinski definition) is 1. The van der Waals surface area contributed by atoms with Gasteiger partial charge >= 0.3 is 0 Å². The van der Waals surface area contributed by atoms with Crippen molar-refractivity contribution >= 4 is 17.3 Å². The summed E-state index contributed by atoms with van der Waals surface area (Å²) in [5.74, 6) is 0.564. The van der Waals surface area contributed by atoms with Gasteiger partial charge in [0.1, 0.15) is 0 Å². The van der Waals surface area contributed by atoms with Gasteiger partial charge < -0.3 is 5.32 Å².